The number of anilines is 1. The molecule has 0 atom stereocenters. The summed E-state index contributed by atoms with van der Waals surface area (Å²) in [6.07, 6.45) is 10.5. The maximum Gasteiger partial charge on any atom is 0.139 e. The zero-order valence-corrected chi connectivity index (χ0v) is 13.4. The predicted molar refractivity (Wildman–Crippen MR) is 85.2 cm³/mol. The van der Waals surface area contributed by atoms with Crippen molar-refractivity contribution in [2.75, 3.05) is 11.9 Å². The van der Waals surface area contributed by atoms with Crippen LogP contribution in [-0.2, 0) is 0 Å². The number of unbranched alkanes of at least 4 members (excludes halogenated alkanes) is 7. The van der Waals surface area contributed by atoms with E-state index >= 15 is 0 Å². The molecule has 0 aromatic heterocycles. The highest BCUT2D eigenvalue weighted by Crippen LogP contribution is 2.19. The molecule has 1 nitrogen and oxygen atoms in total. The first kappa shape index (κ1) is 16.5. The van der Waals surface area contributed by atoms with Crippen molar-refractivity contribution in [3.63, 3.8) is 0 Å². The Kier molecular flexibility index (Phi) is 8.89. The minimum absolute atomic E-state index is 0.207. The summed E-state index contributed by atoms with van der Waals surface area (Å²) in [6.45, 7) is 3.17. The molecule has 0 amide bonds. The monoisotopic (exact) mass is 329 g/mol. The lowest BCUT2D eigenvalue weighted by Crippen LogP contribution is -2.01. The fraction of sp³-hybridized carbons (Fsp3) is 0.625. The van der Waals surface area contributed by atoms with Gasteiger partial charge in [0.05, 0.1) is 4.47 Å². The van der Waals surface area contributed by atoms with Gasteiger partial charge in [-0.25, -0.2) is 4.39 Å². The van der Waals surface area contributed by atoms with Crippen molar-refractivity contribution >= 4 is 21.6 Å². The first-order valence-electron chi connectivity index (χ1n) is 7.43. The molecule has 0 heterocycles. The van der Waals surface area contributed by atoms with Crippen LogP contribution in [-0.4, -0.2) is 6.54 Å². The van der Waals surface area contributed by atoms with Gasteiger partial charge >= 0.3 is 0 Å². The van der Waals surface area contributed by atoms with Gasteiger partial charge in [-0.15, -0.1) is 0 Å². The maximum absolute atomic E-state index is 13.3. The second-order valence-electron chi connectivity index (χ2n) is 5.03. The van der Waals surface area contributed by atoms with Gasteiger partial charge in [-0.1, -0.05) is 51.9 Å². The Morgan fingerprint density at radius 2 is 1.63 bits per heavy atom. The Morgan fingerprint density at radius 1 is 1.00 bits per heavy atom. The molecule has 1 aromatic rings. The molecule has 0 unspecified atom stereocenters. The number of hydrogen-bond donors (Lipinski definition) is 1. The van der Waals surface area contributed by atoms with Gasteiger partial charge in [-0.3, -0.25) is 0 Å². The summed E-state index contributed by atoms with van der Waals surface area (Å²) < 4.78 is 13.8. The SMILES string of the molecule is CCCCCCCCCCNc1ccc(Br)c(F)c1. The van der Waals surface area contributed by atoms with Crippen molar-refractivity contribution in [2.45, 2.75) is 58.3 Å². The summed E-state index contributed by atoms with van der Waals surface area (Å²) in [4.78, 5) is 0. The summed E-state index contributed by atoms with van der Waals surface area (Å²) in [5.41, 5.74) is 0.864. The van der Waals surface area contributed by atoms with E-state index in [1.165, 1.54) is 51.0 Å². The number of nitrogens with one attached hydrogen (secondary N) is 1. The summed E-state index contributed by atoms with van der Waals surface area (Å²) in [7, 11) is 0. The Morgan fingerprint density at radius 3 is 2.26 bits per heavy atom. The zero-order valence-electron chi connectivity index (χ0n) is 11.9. The minimum atomic E-state index is -0.207. The molecule has 0 aliphatic carbocycles. The third-order valence-corrected chi connectivity index (χ3v) is 3.92. The van der Waals surface area contributed by atoms with E-state index in [0.717, 1.165) is 18.7 Å². The topological polar surface area (TPSA) is 12.0 Å². The Bertz CT molecular complexity index is 355. The largest absolute Gasteiger partial charge is 0.385 e. The quantitative estimate of drug-likeness (QED) is 0.508. The van der Waals surface area contributed by atoms with E-state index < -0.39 is 0 Å². The van der Waals surface area contributed by atoms with Crippen LogP contribution in [0.3, 0.4) is 0 Å². The Balaban J connectivity index is 2.00. The molecule has 108 valence electrons. The molecule has 0 spiro atoms. The van der Waals surface area contributed by atoms with Crippen LogP contribution in [0.5, 0.6) is 0 Å². The van der Waals surface area contributed by atoms with Gasteiger partial charge in [0.25, 0.3) is 0 Å². The molecule has 0 aliphatic heterocycles. The fourth-order valence-electron chi connectivity index (χ4n) is 2.10. The van der Waals surface area contributed by atoms with Crippen LogP contribution in [0.25, 0.3) is 0 Å². The second kappa shape index (κ2) is 10.2. The van der Waals surface area contributed by atoms with Crippen LogP contribution < -0.4 is 5.32 Å². The minimum Gasteiger partial charge on any atom is -0.385 e. The first-order valence-corrected chi connectivity index (χ1v) is 8.22. The summed E-state index contributed by atoms with van der Waals surface area (Å²) >= 11 is 3.15. The summed E-state index contributed by atoms with van der Waals surface area (Å²) in [5.74, 6) is -0.207. The zero-order chi connectivity index (χ0) is 13.9. The highest BCUT2D eigenvalue weighted by atomic mass is 79.9. The van der Waals surface area contributed by atoms with Crippen LogP contribution in [0, 0.1) is 5.82 Å². The van der Waals surface area contributed by atoms with E-state index in [-0.39, 0.29) is 5.82 Å². The molecule has 0 bridgehead atoms. The van der Waals surface area contributed by atoms with Crippen molar-refractivity contribution in [1.29, 1.82) is 0 Å². The highest BCUT2D eigenvalue weighted by Gasteiger charge is 1.99. The highest BCUT2D eigenvalue weighted by molar-refractivity contribution is 9.10. The average Bonchev–Trinajstić information content (AvgIpc) is 2.41. The van der Waals surface area contributed by atoms with Gasteiger partial charge in [-0.05, 0) is 40.5 Å². The maximum atomic E-state index is 13.3. The molecule has 0 fully saturated rings. The fourth-order valence-corrected chi connectivity index (χ4v) is 2.34. The lowest BCUT2D eigenvalue weighted by Gasteiger charge is -2.07. The average molecular weight is 330 g/mol. The number of halogens is 2. The Labute approximate surface area is 125 Å². The normalized spacial score (nSPS) is 10.7. The molecule has 0 aliphatic rings. The van der Waals surface area contributed by atoms with E-state index in [4.69, 9.17) is 0 Å². The van der Waals surface area contributed by atoms with Crippen LogP contribution in [0.1, 0.15) is 58.3 Å². The van der Waals surface area contributed by atoms with E-state index in [0.29, 0.717) is 4.47 Å². The van der Waals surface area contributed by atoms with Crippen LogP contribution in [0.15, 0.2) is 22.7 Å². The third-order valence-electron chi connectivity index (χ3n) is 3.28. The van der Waals surface area contributed by atoms with Gasteiger partial charge in [0.2, 0.25) is 0 Å². The van der Waals surface area contributed by atoms with Gasteiger partial charge in [0.15, 0.2) is 0 Å². The van der Waals surface area contributed by atoms with Crippen molar-refractivity contribution in [2.24, 2.45) is 0 Å². The van der Waals surface area contributed by atoms with Gasteiger partial charge in [-0.2, -0.15) is 0 Å². The van der Waals surface area contributed by atoms with Crippen molar-refractivity contribution < 1.29 is 4.39 Å². The van der Waals surface area contributed by atoms with Gasteiger partial charge in [0.1, 0.15) is 5.82 Å². The summed E-state index contributed by atoms with van der Waals surface area (Å²) in [6, 6.07) is 5.18. The molecular formula is C16H25BrFN. The molecule has 0 radical (unpaired) electrons. The van der Waals surface area contributed by atoms with E-state index in [9.17, 15) is 4.39 Å². The van der Waals surface area contributed by atoms with Gasteiger partial charge < -0.3 is 5.32 Å². The molecule has 19 heavy (non-hydrogen) atoms. The van der Waals surface area contributed by atoms with Crippen LogP contribution >= 0.6 is 15.9 Å². The van der Waals surface area contributed by atoms with Crippen molar-refractivity contribution in [1.82, 2.24) is 0 Å². The molecule has 1 aromatic carbocycles. The predicted octanol–water partition coefficient (Wildman–Crippen LogP) is 6.14. The molecule has 0 saturated heterocycles. The molecule has 3 heteroatoms. The number of rotatable bonds is 10. The summed E-state index contributed by atoms with van der Waals surface area (Å²) in [5, 5.41) is 3.26. The lowest BCUT2D eigenvalue weighted by molar-refractivity contribution is 0.581. The van der Waals surface area contributed by atoms with Crippen molar-refractivity contribution in [3.8, 4) is 0 Å². The van der Waals surface area contributed by atoms with Crippen LogP contribution in [0.2, 0.25) is 0 Å². The molecule has 1 N–H and O–H groups in total. The van der Waals surface area contributed by atoms with Crippen LogP contribution in [0.4, 0.5) is 10.1 Å². The van der Waals surface area contributed by atoms with E-state index in [1.54, 1.807) is 6.07 Å². The molecule has 1 rings (SSSR count). The third kappa shape index (κ3) is 7.56. The van der Waals surface area contributed by atoms with Gasteiger partial charge in [0, 0.05) is 12.2 Å². The van der Waals surface area contributed by atoms with E-state index in [2.05, 4.69) is 28.2 Å². The van der Waals surface area contributed by atoms with Crippen molar-refractivity contribution in [3.05, 3.63) is 28.5 Å². The lowest BCUT2D eigenvalue weighted by atomic mass is 10.1. The number of benzene rings is 1. The molecule has 0 saturated carbocycles. The van der Waals surface area contributed by atoms with E-state index in [1.807, 2.05) is 6.07 Å². The molecular weight excluding hydrogens is 305 g/mol. The Hall–Kier alpha value is -0.570. The number of hydrogen-bond acceptors (Lipinski definition) is 1. The first-order chi connectivity index (χ1) is 9.24. The smallest absolute Gasteiger partial charge is 0.139 e. The standard InChI is InChI=1S/C16H25BrFN/c1-2-3-4-5-6-7-8-9-12-19-14-10-11-15(17)16(18)13-14/h10-11,13,19H,2-9,12H2,1H3. The second-order valence-corrected chi connectivity index (χ2v) is 5.88.